The molecule has 8 heteroatoms. The van der Waals surface area contributed by atoms with Gasteiger partial charge >= 0.3 is 0 Å². The van der Waals surface area contributed by atoms with Crippen molar-refractivity contribution in [2.75, 3.05) is 5.32 Å². The van der Waals surface area contributed by atoms with E-state index in [2.05, 4.69) is 19.2 Å². The van der Waals surface area contributed by atoms with Gasteiger partial charge in [-0.15, -0.1) is 0 Å². The van der Waals surface area contributed by atoms with Gasteiger partial charge in [-0.25, -0.2) is 9.89 Å². The molecular formula is C23H23ClN4O2S. The lowest BCUT2D eigenvalue weighted by molar-refractivity contribution is -0.125. The van der Waals surface area contributed by atoms with E-state index in [9.17, 15) is 9.59 Å². The van der Waals surface area contributed by atoms with Crippen molar-refractivity contribution in [1.29, 1.82) is 0 Å². The van der Waals surface area contributed by atoms with Crippen molar-refractivity contribution < 1.29 is 9.59 Å². The molecule has 0 spiro atoms. The number of carbonyl (C=O) groups excluding carboxylic acids is 2. The molecule has 0 aromatic heterocycles. The Hall–Kier alpha value is -2.64. The lowest BCUT2D eigenvalue weighted by Crippen LogP contribution is -2.42. The average molecular weight is 455 g/mol. The SMILES string of the molecule is CC(C)C[C@@H]1N=C2c3ccccc3N=C(S[C@@H](C)C(=O)Nc3ccc(Cl)cc3)N2C1=O. The maximum atomic E-state index is 13.2. The minimum Gasteiger partial charge on any atom is -0.325 e. The molecule has 2 amide bonds. The van der Waals surface area contributed by atoms with Crippen molar-refractivity contribution in [2.45, 2.75) is 38.5 Å². The van der Waals surface area contributed by atoms with E-state index < -0.39 is 11.3 Å². The van der Waals surface area contributed by atoms with Crippen LogP contribution < -0.4 is 5.32 Å². The number of benzene rings is 2. The van der Waals surface area contributed by atoms with Crippen LogP contribution in [0.1, 0.15) is 32.8 Å². The number of anilines is 1. The largest absolute Gasteiger partial charge is 0.325 e. The number of hydrogen-bond donors (Lipinski definition) is 1. The summed E-state index contributed by atoms with van der Waals surface area (Å²) in [6.45, 7) is 5.94. The first kappa shape index (κ1) is 21.6. The summed E-state index contributed by atoms with van der Waals surface area (Å²) in [7, 11) is 0. The Labute approximate surface area is 190 Å². The third kappa shape index (κ3) is 4.52. The molecule has 0 saturated heterocycles. The number of fused-ring (bicyclic) bond motifs is 3. The van der Waals surface area contributed by atoms with Crippen LogP contribution in [0.4, 0.5) is 11.4 Å². The molecular weight excluding hydrogens is 432 g/mol. The zero-order chi connectivity index (χ0) is 22.1. The number of aliphatic imine (C=N–C) groups is 2. The normalized spacial score (nSPS) is 18.3. The van der Waals surface area contributed by atoms with Gasteiger partial charge in [0, 0.05) is 16.3 Å². The monoisotopic (exact) mass is 454 g/mol. The lowest BCUT2D eigenvalue weighted by atomic mass is 10.0. The summed E-state index contributed by atoms with van der Waals surface area (Å²) in [4.78, 5) is 36.9. The third-order valence-electron chi connectivity index (χ3n) is 5.01. The summed E-state index contributed by atoms with van der Waals surface area (Å²) in [5, 5.41) is 3.48. The van der Waals surface area contributed by atoms with Gasteiger partial charge in [0.2, 0.25) is 5.91 Å². The predicted octanol–water partition coefficient (Wildman–Crippen LogP) is 5.11. The van der Waals surface area contributed by atoms with Crippen LogP contribution in [0.2, 0.25) is 5.02 Å². The molecule has 0 saturated carbocycles. The van der Waals surface area contributed by atoms with Crippen molar-refractivity contribution in [3.63, 3.8) is 0 Å². The number of rotatable bonds is 5. The smallest absolute Gasteiger partial charge is 0.259 e. The molecule has 2 atom stereocenters. The van der Waals surface area contributed by atoms with Crippen LogP contribution in [-0.4, -0.2) is 39.0 Å². The van der Waals surface area contributed by atoms with Crippen LogP contribution >= 0.6 is 23.4 Å². The molecule has 160 valence electrons. The highest BCUT2D eigenvalue weighted by atomic mass is 35.5. The second-order valence-corrected chi connectivity index (χ2v) is 9.68. The second-order valence-electron chi connectivity index (χ2n) is 7.94. The van der Waals surface area contributed by atoms with E-state index in [1.807, 2.05) is 24.3 Å². The molecule has 2 aliphatic rings. The number of para-hydroxylation sites is 1. The minimum absolute atomic E-state index is 0.0882. The Morgan fingerprint density at radius 1 is 1.16 bits per heavy atom. The molecule has 2 heterocycles. The van der Waals surface area contributed by atoms with Gasteiger partial charge in [-0.2, -0.15) is 0 Å². The summed E-state index contributed by atoms with van der Waals surface area (Å²) in [5.74, 6) is 0.689. The number of thioether (sulfide) groups is 1. The van der Waals surface area contributed by atoms with Crippen molar-refractivity contribution in [2.24, 2.45) is 15.9 Å². The fourth-order valence-electron chi connectivity index (χ4n) is 3.47. The number of amidine groups is 2. The quantitative estimate of drug-likeness (QED) is 0.682. The number of amides is 2. The molecule has 0 unspecified atom stereocenters. The zero-order valence-corrected chi connectivity index (χ0v) is 19.1. The first-order valence-electron chi connectivity index (χ1n) is 10.2. The molecule has 6 nitrogen and oxygen atoms in total. The summed E-state index contributed by atoms with van der Waals surface area (Å²) >= 11 is 7.16. The molecule has 1 N–H and O–H groups in total. The van der Waals surface area contributed by atoms with Crippen molar-refractivity contribution in [1.82, 2.24) is 4.90 Å². The Morgan fingerprint density at radius 3 is 2.58 bits per heavy atom. The minimum atomic E-state index is -0.474. The number of halogens is 1. The van der Waals surface area contributed by atoms with Gasteiger partial charge in [0.05, 0.1) is 10.9 Å². The Morgan fingerprint density at radius 2 is 1.87 bits per heavy atom. The van der Waals surface area contributed by atoms with E-state index >= 15 is 0 Å². The Balaban J connectivity index is 1.58. The zero-order valence-electron chi connectivity index (χ0n) is 17.5. The maximum absolute atomic E-state index is 13.2. The molecule has 0 bridgehead atoms. The summed E-state index contributed by atoms with van der Waals surface area (Å²) < 4.78 is 0. The van der Waals surface area contributed by atoms with Gasteiger partial charge in [0.15, 0.2) is 5.17 Å². The van der Waals surface area contributed by atoms with Gasteiger partial charge in [-0.3, -0.25) is 14.6 Å². The number of carbonyl (C=O) groups is 2. The van der Waals surface area contributed by atoms with Gasteiger partial charge in [-0.05, 0) is 55.7 Å². The Bertz CT molecular complexity index is 1080. The molecule has 31 heavy (non-hydrogen) atoms. The molecule has 2 aliphatic heterocycles. The highest BCUT2D eigenvalue weighted by Gasteiger charge is 2.42. The lowest BCUT2D eigenvalue weighted by Gasteiger charge is -2.27. The van der Waals surface area contributed by atoms with E-state index in [0.29, 0.717) is 34.1 Å². The fraction of sp³-hybridized carbons (Fsp3) is 0.304. The van der Waals surface area contributed by atoms with Crippen molar-refractivity contribution >= 4 is 57.6 Å². The van der Waals surface area contributed by atoms with E-state index in [-0.39, 0.29) is 11.8 Å². The maximum Gasteiger partial charge on any atom is 0.259 e. The standard InChI is InChI=1S/C23H23ClN4O2S/c1-13(2)12-19-22(30)28-20(26-19)17-6-4-5-7-18(17)27-23(28)31-14(3)21(29)25-16-10-8-15(24)9-11-16/h4-11,13-14,19H,12H2,1-3H3,(H,25,29)/t14-,19-/m0/s1. The number of hydrogen-bond acceptors (Lipinski definition) is 5. The van der Waals surface area contributed by atoms with Gasteiger partial charge in [0.1, 0.15) is 11.9 Å². The summed E-state index contributed by atoms with van der Waals surface area (Å²) in [5.41, 5.74) is 2.25. The van der Waals surface area contributed by atoms with Crippen LogP contribution in [0.15, 0.2) is 58.5 Å². The second kappa shape index (κ2) is 8.85. The van der Waals surface area contributed by atoms with Crippen LogP contribution in [0.5, 0.6) is 0 Å². The van der Waals surface area contributed by atoms with Gasteiger partial charge in [-0.1, -0.05) is 49.3 Å². The van der Waals surface area contributed by atoms with Crippen LogP contribution in [0.3, 0.4) is 0 Å². The van der Waals surface area contributed by atoms with Crippen LogP contribution in [0, 0.1) is 5.92 Å². The first-order valence-corrected chi connectivity index (χ1v) is 11.4. The summed E-state index contributed by atoms with van der Waals surface area (Å²) in [6, 6.07) is 14.1. The van der Waals surface area contributed by atoms with E-state index in [1.165, 1.54) is 11.8 Å². The molecule has 0 aliphatic carbocycles. The van der Waals surface area contributed by atoms with E-state index in [1.54, 1.807) is 36.1 Å². The molecule has 0 radical (unpaired) electrons. The van der Waals surface area contributed by atoms with Gasteiger partial charge < -0.3 is 5.32 Å². The van der Waals surface area contributed by atoms with E-state index in [0.717, 1.165) is 11.3 Å². The molecule has 2 aromatic rings. The van der Waals surface area contributed by atoms with Crippen molar-refractivity contribution in [3.8, 4) is 0 Å². The average Bonchev–Trinajstić information content (AvgIpc) is 3.06. The topological polar surface area (TPSA) is 74.1 Å². The molecule has 4 rings (SSSR count). The number of nitrogens with one attached hydrogen (secondary N) is 1. The highest BCUT2D eigenvalue weighted by Crippen LogP contribution is 2.35. The van der Waals surface area contributed by atoms with Gasteiger partial charge in [0.25, 0.3) is 5.91 Å². The summed E-state index contributed by atoms with van der Waals surface area (Å²) in [6.07, 6.45) is 0.672. The predicted molar refractivity (Wildman–Crippen MR) is 127 cm³/mol. The molecule has 2 aromatic carbocycles. The highest BCUT2D eigenvalue weighted by molar-refractivity contribution is 8.15. The fourth-order valence-corrected chi connectivity index (χ4v) is 4.51. The molecule has 0 fully saturated rings. The third-order valence-corrected chi connectivity index (χ3v) is 6.31. The van der Waals surface area contributed by atoms with Crippen molar-refractivity contribution in [3.05, 3.63) is 59.1 Å². The Kier molecular flexibility index (Phi) is 6.16. The van der Waals surface area contributed by atoms with E-state index in [4.69, 9.17) is 21.6 Å². The van der Waals surface area contributed by atoms with Crippen LogP contribution in [0.25, 0.3) is 0 Å². The number of nitrogens with zero attached hydrogens (tertiary/aromatic N) is 3. The van der Waals surface area contributed by atoms with Crippen LogP contribution in [-0.2, 0) is 9.59 Å². The first-order chi connectivity index (χ1) is 14.8.